The molecule has 1 aromatic rings. The summed E-state index contributed by atoms with van der Waals surface area (Å²) < 4.78 is 37.5. The van der Waals surface area contributed by atoms with Crippen molar-refractivity contribution in [3.8, 4) is 0 Å². The predicted molar refractivity (Wildman–Crippen MR) is 64.0 cm³/mol. The minimum absolute atomic E-state index is 0.0692. The van der Waals surface area contributed by atoms with Crippen LogP contribution in [0, 0.1) is 5.82 Å². The predicted octanol–water partition coefficient (Wildman–Crippen LogP) is 1.65. The van der Waals surface area contributed by atoms with E-state index < -0.39 is 15.7 Å². The molecule has 3 nitrogen and oxygen atoms in total. The van der Waals surface area contributed by atoms with Crippen molar-refractivity contribution >= 4 is 9.84 Å². The lowest BCUT2D eigenvalue weighted by Gasteiger charge is -2.08. The number of halogens is 1. The van der Waals surface area contributed by atoms with Gasteiger partial charge in [-0.05, 0) is 43.9 Å². The fourth-order valence-corrected chi connectivity index (χ4v) is 3.54. The average molecular weight is 257 g/mol. The SMILES string of the molecule is CC(N)Cc1ccc(S(=O)(=O)C2CC2)c(F)c1. The van der Waals surface area contributed by atoms with Gasteiger partial charge in [0.25, 0.3) is 0 Å². The fourth-order valence-electron chi connectivity index (χ4n) is 1.83. The van der Waals surface area contributed by atoms with E-state index in [1.54, 1.807) is 6.07 Å². The molecule has 1 unspecified atom stereocenters. The van der Waals surface area contributed by atoms with Gasteiger partial charge in [-0.3, -0.25) is 0 Å². The number of rotatable bonds is 4. The Morgan fingerprint density at radius 1 is 1.47 bits per heavy atom. The zero-order valence-electron chi connectivity index (χ0n) is 9.69. The fraction of sp³-hybridized carbons (Fsp3) is 0.500. The van der Waals surface area contributed by atoms with Crippen molar-refractivity contribution in [1.29, 1.82) is 0 Å². The van der Waals surface area contributed by atoms with Gasteiger partial charge in [-0.15, -0.1) is 0 Å². The zero-order valence-corrected chi connectivity index (χ0v) is 10.5. The lowest BCUT2D eigenvalue weighted by Crippen LogP contribution is -2.18. The Morgan fingerprint density at radius 3 is 2.59 bits per heavy atom. The highest BCUT2D eigenvalue weighted by Gasteiger charge is 2.38. The lowest BCUT2D eigenvalue weighted by atomic mass is 10.1. The third-order valence-electron chi connectivity index (χ3n) is 2.82. The van der Waals surface area contributed by atoms with Gasteiger partial charge in [0.15, 0.2) is 9.84 Å². The highest BCUT2D eigenvalue weighted by Crippen LogP contribution is 2.34. The molecule has 0 spiro atoms. The summed E-state index contributed by atoms with van der Waals surface area (Å²) in [5.74, 6) is -0.657. The second-order valence-electron chi connectivity index (χ2n) is 4.69. The molecule has 1 saturated carbocycles. The second-order valence-corrected chi connectivity index (χ2v) is 6.89. The van der Waals surface area contributed by atoms with Crippen molar-refractivity contribution in [1.82, 2.24) is 0 Å². The molecule has 5 heteroatoms. The lowest BCUT2D eigenvalue weighted by molar-refractivity contribution is 0.564. The summed E-state index contributed by atoms with van der Waals surface area (Å²) >= 11 is 0. The summed E-state index contributed by atoms with van der Waals surface area (Å²) in [6, 6.07) is 4.21. The van der Waals surface area contributed by atoms with Gasteiger partial charge >= 0.3 is 0 Å². The Bertz CT molecular complexity index is 521. The van der Waals surface area contributed by atoms with Crippen molar-refractivity contribution < 1.29 is 12.8 Å². The first-order valence-corrected chi connectivity index (χ1v) is 7.24. The molecule has 0 amide bonds. The van der Waals surface area contributed by atoms with Crippen LogP contribution in [0.3, 0.4) is 0 Å². The first-order valence-electron chi connectivity index (χ1n) is 5.69. The number of hydrogen-bond acceptors (Lipinski definition) is 3. The number of benzene rings is 1. The van der Waals surface area contributed by atoms with Gasteiger partial charge < -0.3 is 5.73 Å². The van der Waals surface area contributed by atoms with Crippen LogP contribution < -0.4 is 5.73 Å². The molecule has 17 heavy (non-hydrogen) atoms. The molecule has 1 atom stereocenters. The van der Waals surface area contributed by atoms with Crippen molar-refractivity contribution in [2.75, 3.05) is 0 Å². The molecular formula is C12H16FNO2S. The van der Waals surface area contributed by atoms with Gasteiger partial charge in [-0.25, -0.2) is 12.8 Å². The van der Waals surface area contributed by atoms with E-state index in [1.807, 2.05) is 6.92 Å². The number of hydrogen-bond donors (Lipinski definition) is 1. The Labute approximate surface area is 101 Å². The largest absolute Gasteiger partial charge is 0.328 e. The molecule has 0 heterocycles. The van der Waals surface area contributed by atoms with Crippen LogP contribution in [0.1, 0.15) is 25.3 Å². The molecule has 2 rings (SSSR count). The maximum absolute atomic E-state index is 13.8. The molecular weight excluding hydrogens is 241 g/mol. The van der Waals surface area contributed by atoms with E-state index in [-0.39, 0.29) is 16.2 Å². The normalized spacial score (nSPS) is 18.1. The summed E-state index contributed by atoms with van der Waals surface area (Å²) in [6.45, 7) is 1.83. The van der Waals surface area contributed by atoms with Crippen LogP contribution in [0.25, 0.3) is 0 Å². The molecule has 94 valence electrons. The highest BCUT2D eigenvalue weighted by atomic mass is 32.2. The molecule has 0 radical (unpaired) electrons. The number of sulfone groups is 1. The second kappa shape index (κ2) is 4.38. The van der Waals surface area contributed by atoms with Gasteiger partial charge in [0.2, 0.25) is 0 Å². The molecule has 1 fully saturated rings. The maximum Gasteiger partial charge on any atom is 0.184 e. The topological polar surface area (TPSA) is 60.2 Å². The summed E-state index contributed by atoms with van der Waals surface area (Å²) in [6.07, 6.45) is 1.83. The quantitative estimate of drug-likeness (QED) is 0.892. The summed E-state index contributed by atoms with van der Waals surface area (Å²) in [5, 5.41) is -0.378. The Balaban J connectivity index is 2.31. The van der Waals surface area contributed by atoms with Gasteiger partial charge in [-0.2, -0.15) is 0 Å². The van der Waals surface area contributed by atoms with E-state index in [9.17, 15) is 12.8 Å². The Morgan fingerprint density at radius 2 is 2.12 bits per heavy atom. The Kier molecular flexibility index (Phi) is 3.23. The van der Waals surface area contributed by atoms with Gasteiger partial charge in [-0.1, -0.05) is 6.07 Å². The maximum atomic E-state index is 13.8. The standard InChI is InChI=1S/C12H16FNO2S/c1-8(14)6-9-2-5-12(11(13)7-9)17(15,16)10-3-4-10/h2,5,7-8,10H,3-4,6,14H2,1H3. The first-order chi connectivity index (χ1) is 7.91. The third-order valence-corrected chi connectivity index (χ3v) is 5.12. The smallest absolute Gasteiger partial charge is 0.184 e. The third kappa shape index (κ3) is 2.66. The number of nitrogens with two attached hydrogens (primary N) is 1. The van der Waals surface area contributed by atoms with E-state index >= 15 is 0 Å². The summed E-state index contributed by atoms with van der Waals surface area (Å²) in [5.41, 5.74) is 6.34. The molecule has 0 aliphatic heterocycles. The molecule has 2 N–H and O–H groups in total. The van der Waals surface area contributed by atoms with Gasteiger partial charge in [0.05, 0.1) is 5.25 Å². The molecule has 0 aromatic heterocycles. The monoisotopic (exact) mass is 257 g/mol. The minimum Gasteiger partial charge on any atom is -0.328 e. The molecule has 1 aliphatic carbocycles. The van der Waals surface area contributed by atoms with Gasteiger partial charge in [0.1, 0.15) is 10.7 Å². The van der Waals surface area contributed by atoms with Crippen molar-refractivity contribution in [2.24, 2.45) is 5.73 Å². The molecule has 0 bridgehead atoms. The minimum atomic E-state index is -3.45. The van der Waals surface area contributed by atoms with E-state index in [4.69, 9.17) is 5.73 Å². The summed E-state index contributed by atoms with van der Waals surface area (Å²) in [7, 11) is -3.45. The van der Waals surface area contributed by atoms with E-state index in [2.05, 4.69) is 0 Å². The summed E-state index contributed by atoms with van der Waals surface area (Å²) in [4.78, 5) is -0.173. The van der Waals surface area contributed by atoms with Crippen LogP contribution in [0.4, 0.5) is 4.39 Å². The van der Waals surface area contributed by atoms with Crippen LogP contribution in [-0.4, -0.2) is 19.7 Å². The average Bonchev–Trinajstić information content (AvgIpc) is 2.98. The zero-order chi connectivity index (χ0) is 12.6. The van der Waals surface area contributed by atoms with Crippen LogP contribution >= 0.6 is 0 Å². The van der Waals surface area contributed by atoms with Crippen molar-refractivity contribution in [2.45, 2.75) is 42.4 Å². The molecule has 1 aromatic carbocycles. The van der Waals surface area contributed by atoms with Crippen LogP contribution in [0.2, 0.25) is 0 Å². The van der Waals surface area contributed by atoms with Crippen molar-refractivity contribution in [3.63, 3.8) is 0 Å². The van der Waals surface area contributed by atoms with Crippen LogP contribution in [-0.2, 0) is 16.3 Å². The van der Waals surface area contributed by atoms with Crippen LogP contribution in [0.15, 0.2) is 23.1 Å². The molecule has 0 saturated heterocycles. The molecule has 1 aliphatic rings. The Hall–Kier alpha value is -0.940. The van der Waals surface area contributed by atoms with Gasteiger partial charge in [0, 0.05) is 6.04 Å². The van der Waals surface area contributed by atoms with Crippen molar-refractivity contribution in [3.05, 3.63) is 29.6 Å². The highest BCUT2D eigenvalue weighted by molar-refractivity contribution is 7.92. The van der Waals surface area contributed by atoms with E-state index in [0.717, 1.165) is 5.56 Å². The van der Waals surface area contributed by atoms with E-state index in [1.165, 1.54) is 12.1 Å². The van der Waals surface area contributed by atoms with E-state index in [0.29, 0.717) is 19.3 Å². The first kappa shape index (κ1) is 12.5. The van der Waals surface area contributed by atoms with Crippen LogP contribution in [0.5, 0.6) is 0 Å².